The zero-order valence-electron chi connectivity index (χ0n) is 13.5. The zero-order chi connectivity index (χ0) is 14.2. The number of hydrogen-bond acceptors (Lipinski definition) is 3. The van der Waals surface area contributed by atoms with Crippen LogP contribution in [-0.4, -0.2) is 54.6 Å². The van der Waals surface area contributed by atoms with E-state index < -0.39 is 0 Å². The molecule has 2 N–H and O–H groups in total. The van der Waals surface area contributed by atoms with Crippen LogP contribution in [0.4, 0.5) is 0 Å². The van der Waals surface area contributed by atoms with Crippen LogP contribution in [0.15, 0.2) is 0 Å². The molecular formula is C17H33N3. The van der Waals surface area contributed by atoms with Crippen molar-refractivity contribution in [2.24, 2.45) is 23.5 Å². The summed E-state index contributed by atoms with van der Waals surface area (Å²) in [5.74, 6) is 2.67. The molecule has 0 aromatic rings. The third kappa shape index (κ3) is 2.90. The fourth-order valence-corrected chi connectivity index (χ4v) is 4.63. The van der Waals surface area contributed by atoms with Gasteiger partial charge < -0.3 is 10.6 Å². The van der Waals surface area contributed by atoms with E-state index in [0.717, 1.165) is 24.3 Å². The van der Waals surface area contributed by atoms with Gasteiger partial charge in [-0.1, -0.05) is 13.8 Å². The van der Waals surface area contributed by atoms with Gasteiger partial charge in [-0.2, -0.15) is 0 Å². The van der Waals surface area contributed by atoms with Crippen molar-refractivity contribution in [2.75, 3.05) is 39.3 Å². The lowest BCUT2D eigenvalue weighted by Gasteiger charge is -2.53. The van der Waals surface area contributed by atoms with Crippen LogP contribution in [0, 0.1) is 17.8 Å². The van der Waals surface area contributed by atoms with Crippen LogP contribution in [0.1, 0.15) is 46.0 Å². The fraction of sp³-hybridized carbons (Fsp3) is 1.00. The Morgan fingerprint density at radius 2 is 1.75 bits per heavy atom. The number of nitrogens with zero attached hydrogens (tertiary/aromatic N) is 2. The second-order valence-electron chi connectivity index (χ2n) is 7.82. The van der Waals surface area contributed by atoms with E-state index in [1.165, 1.54) is 64.8 Å². The van der Waals surface area contributed by atoms with Gasteiger partial charge >= 0.3 is 0 Å². The molecular weight excluding hydrogens is 246 g/mol. The van der Waals surface area contributed by atoms with Gasteiger partial charge in [0, 0.05) is 44.8 Å². The summed E-state index contributed by atoms with van der Waals surface area (Å²) in [7, 11) is 0. The van der Waals surface area contributed by atoms with Gasteiger partial charge in [0.05, 0.1) is 0 Å². The lowest BCUT2D eigenvalue weighted by molar-refractivity contribution is -0.0293. The van der Waals surface area contributed by atoms with E-state index in [4.69, 9.17) is 5.73 Å². The topological polar surface area (TPSA) is 32.5 Å². The molecule has 3 aliphatic rings. The standard InChI is InChI=1S/C17H33N3/c1-14-5-6-17(13-18,15(2)11-14)20-9-7-19(8-10-20)12-16-3-4-16/h14-16H,3-13,18H2,1-2H3. The highest BCUT2D eigenvalue weighted by atomic mass is 15.3. The summed E-state index contributed by atoms with van der Waals surface area (Å²) in [6, 6.07) is 0. The maximum atomic E-state index is 6.28. The minimum absolute atomic E-state index is 0.304. The molecule has 0 amide bonds. The molecule has 2 saturated carbocycles. The Kier molecular flexibility index (Phi) is 4.40. The van der Waals surface area contributed by atoms with Gasteiger partial charge in [-0.3, -0.25) is 4.90 Å². The van der Waals surface area contributed by atoms with Crippen molar-refractivity contribution in [3.05, 3.63) is 0 Å². The molecule has 0 spiro atoms. The van der Waals surface area contributed by atoms with Crippen molar-refractivity contribution in [3.63, 3.8) is 0 Å². The summed E-state index contributed by atoms with van der Waals surface area (Å²) in [5, 5.41) is 0. The van der Waals surface area contributed by atoms with Crippen molar-refractivity contribution >= 4 is 0 Å². The maximum absolute atomic E-state index is 6.28. The van der Waals surface area contributed by atoms with Gasteiger partial charge in [0.1, 0.15) is 0 Å². The molecule has 1 aliphatic heterocycles. The normalized spacial score (nSPS) is 41.0. The minimum Gasteiger partial charge on any atom is -0.329 e. The molecule has 0 aromatic carbocycles. The summed E-state index contributed by atoms with van der Waals surface area (Å²) >= 11 is 0. The second-order valence-corrected chi connectivity index (χ2v) is 7.82. The fourth-order valence-electron chi connectivity index (χ4n) is 4.63. The van der Waals surface area contributed by atoms with Gasteiger partial charge in [0.2, 0.25) is 0 Å². The molecule has 0 radical (unpaired) electrons. The molecule has 0 aromatic heterocycles. The van der Waals surface area contributed by atoms with Crippen molar-refractivity contribution in [1.82, 2.24) is 9.80 Å². The third-order valence-corrected chi connectivity index (χ3v) is 6.31. The quantitative estimate of drug-likeness (QED) is 0.856. The summed E-state index contributed by atoms with van der Waals surface area (Å²) in [6.07, 6.45) is 6.99. The molecule has 20 heavy (non-hydrogen) atoms. The van der Waals surface area contributed by atoms with Gasteiger partial charge in [0.25, 0.3) is 0 Å². The Balaban J connectivity index is 1.59. The van der Waals surface area contributed by atoms with Crippen LogP contribution >= 0.6 is 0 Å². The Bertz CT molecular complexity index is 320. The molecule has 3 atom stereocenters. The van der Waals surface area contributed by atoms with Crippen LogP contribution in [-0.2, 0) is 0 Å². The highest BCUT2D eigenvalue weighted by Gasteiger charge is 2.44. The molecule has 0 bridgehead atoms. The van der Waals surface area contributed by atoms with Crippen molar-refractivity contribution < 1.29 is 0 Å². The highest BCUT2D eigenvalue weighted by molar-refractivity contribution is 5.01. The SMILES string of the molecule is CC1CCC(CN)(N2CCN(CC3CC3)CC2)C(C)C1. The molecule has 1 saturated heterocycles. The first kappa shape index (κ1) is 14.8. The molecule has 3 heteroatoms. The lowest BCUT2D eigenvalue weighted by Crippen LogP contribution is -2.64. The summed E-state index contributed by atoms with van der Waals surface area (Å²) in [6.45, 7) is 12.1. The maximum Gasteiger partial charge on any atom is 0.0358 e. The van der Waals surface area contributed by atoms with E-state index in [9.17, 15) is 0 Å². The predicted molar refractivity (Wildman–Crippen MR) is 84.7 cm³/mol. The van der Waals surface area contributed by atoms with E-state index in [1.54, 1.807) is 0 Å². The number of rotatable bonds is 4. The second kappa shape index (κ2) is 5.94. The first-order chi connectivity index (χ1) is 9.64. The van der Waals surface area contributed by atoms with E-state index in [2.05, 4.69) is 23.6 Å². The van der Waals surface area contributed by atoms with Crippen LogP contribution in [0.3, 0.4) is 0 Å². The summed E-state index contributed by atoms with van der Waals surface area (Å²) in [5.41, 5.74) is 6.58. The number of hydrogen-bond donors (Lipinski definition) is 1. The summed E-state index contributed by atoms with van der Waals surface area (Å²) < 4.78 is 0. The lowest BCUT2D eigenvalue weighted by atomic mass is 9.68. The molecule has 3 unspecified atom stereocenters. The zero-order valence-corrected chi connectivity index (χ0v) is 13.5. The molecule has 2 aliphatic carbocycles. The van der Waals surface area contributed by atoms with Crippen LogP contribution < -0.4 is 5.73 Å². The van der Waals surface area contributed by atoms with Crippen molar-refractivity contribution in [1.29, 1.82) is 0 Å². The van der Waals surface area contributed by atoms with Gasteiger partial charge in [0.15, 0.2) is 0 Å². The monoisotopic (exact) mass is 279 g/mol. The molecule has 3 fully saturated rings. The first-order valence-corrected chi connectivity index (χ1v) is 8.81. The average molecular weight is 279 g/mol. The van der Waals surface area contributed by atoms with Crippen LogP contribution in [0.25, 0.3) is 0 Å². The first-order valence-electron chi connectivity index (χ1n) is 8.81. The molecule has 1 heterocycles. The Morgan fingerprint density at radius 3 is 2.30 bits per heavy atom. The highest BCUT2D eigenvalue weighted by Crippen LogP contribution is 2.41. The van der Waals surface area contributed by atoms with E-state index >= 15 is 0 Å². The van der Waals surface area contributed by atoms with Crippen LogP contribution in [0.2, 0.25) is 0 Å². The van der Waals surface area contributed by atoms with E-state index in [0.29, 0.717) is 5.54 Å². The number of nitrogens with two attached hydrogens (primary N) is 1. The largest absolute Gasteiger partial charge is 0.329 e. The van der Waals surface area contributed by atoms with Gasteiger partial charge in [-0.25, -0.2) is 0 Å². The average Bonchev–Trinajstić information content (AvgIpc) is 3.25. The molecule has 3 nitrogen and oxygen atoms in total. The van der Waals surface area contributed by atoms with E-state index in [-0.39, 0.29) is 0 Å². The minimum atomic E-state index is 0.304. The number of piperazine rings is 1. The Morgan fingerprint density at radius 1 is 1.05 bits per heavy atom. The Hall–Kier alpha value is -0.120. The van der Waals surface area contributed by atoms with Gasteiger partial charge in [-0.05, 0) is 49.9 Å². The molecule has 116 valence electrons. The predicted octanol–water partition coefficient (Wildman–Crippen LogP) is 2.17. The molecule has 3 rings (SSSR count). The summed E-state index contributed by atoms with van der Waals surface area (Å²) in [4.78, 5) is 5.45. The third-order valence-electron chi connectivity index (χ3n) is 6.31. The Labute approximate surface area is 124 Å². The van der Waals surface area contributed by atoms with Crippen LogP contribution in [0.5, 0.6) is 0 Å². The van der Waals surface area contributed by atoms with Gasteiger partial charge in [-0.15, -0.1) is 0 Å². The van der Waals surface area contributed by atoms with Crippen molar-refractivity contribution in [2.45, 2.75) is 51.5 Å². The van der Waals surface area contributed by atoms with E-state index in [1.807, 2.05) is 0 Å². The van der Waals surface area contributed by atoms with Crippen molar-refractivity contribution in [3.8, 4) is 0 Å². The smallest absolute Gasteiger partial charge is 0.0358 e.